The molecule has 1 fully saturated rings. The van der Waals surface area contributed by atoms with Crippen molar-refractivity contribution in [3.63, 3.8) is 0 Å². The van der Waals surface area contributed by atoms with Crippen molar-refractivity contribution in [2.75, 3.05) is 13.1 Å². The summed E-state index contributed by atoms with van der Waals surface area (Å²) in [5, 5.41) is 0. The van der Waals surface area contributed by atoms with Crippen LogP contribution in [0.15, 0.2) is 28.7 Å². The summed E-state index contributed by atoms with van der Waals surface area (Å²) in [4.78, 5) is 2.64. The summed E-state index contributed by atoms with van der Waals surface area (Å²) in [5.41, 5.74) is 7.60. The van der Waals surface area contributed by atoms with Crippen molar-refractivity contribution in [3.05, 3.63) is 34.3 Å². The van der Waals surface area contributed by atoms with Crippen LogP contribution in [0, 0.1) is 5.92 Å². The van der Waals surface area contributed by atoms with E-state index in [1.54, 1.807) is 0 Å². The fourth-order valence-electron chi connectivity index (χ4n) is 3.43. The minimum absolute atomic E-state index is 0.0575. The first-order chi connectivity index (χ1) is 9.46. The Morgan fingerprint density at radius 1 is 1.30 bits per heavy atom. The van der Waals surface area contributed by atoms with E-state index >= 15 is 0 Å². The minimum atomic E-state index is 0.0575. The third-order valence-electron chi connectivity index (χ3n) is 5.00. The van der Waals surface area contributed by atoms with Gasteiger partial charge in [-0.15, -0.1) is 0 Å². The molecule has 1 heterocycles. The van der Waals surface area contributed by atoms with Gasteiger partial charge < -0.3 is 5.73 Å². The van der Waals surface area contributed by atoms with Crippen LogP contribution in [0.5, 0.6) is 0 Å². The highest BCUT2D eigenvalue weighted by atomic mass is 79.9. The number of nitrogens with zero attached hydrogens (tertiary/aromatic N) is 1. The van der Waals surface area contributed by atoms with Gasteiger partial charge in [0.25, 0.3) is 0 Å². The van der Waals surface area contributed by atoms with E-state index in [2.05, 4.69) is 65.9 Å². The van der Waals surface area contributed by atoms with Crippen LogP contribution in [0.4, 0.5) is 0 Å². The zero-order valence-electron chi connectivity index (χ0n) is 12.9. The maximum atomic E-state index is 6.17. The van der Waals surface area contributed by atoms with Crippen molar-refractivity contribution in [2.45, 2.75) is 51.6 Å². The lowest BCUT2D eigenvalue weighted by Crippen LogP contribution is -2.59. The highest BCUT2D eigenvalue weighted by molar-refractivity contribution is 9.10. The number of benzene rings is 1. The first kappa shape index (κ1) is 16.0. The van der Waals surface area contributed by atoms with Gasteiger partial charge in [-0.05, 0) is 63.3 Å². The van der Waals surface area contributed by atoms with Crippen LogP contribution in [0.25, 0.3) is 0 Å². The monoisotopic (exact) mass is 338 g/mol. The molecule has 0 saturated carbocycles. The molecule has 0 amide bonds. The van der Waals surface area contributed by atoms with E-state index < -0.39 is 0 Å². The number of likely N-dealkylation sites (tertiary alicyclic amines) is 1. The van der Waals surface area contributed by atoms with E-state index in [1.807, 2.05) is 0 Å². The lowest BCUT2D eigenvalue weighted by Gasteiger charge is -2.49. The second kappa shape index (κ2) is 6.59. The number of nitrogens with two attached hydrogens (primary N) is 1. The number of hydrogen-bond acceptors (Lipinski definition) is 2. The smallest absolute Gasteiger partial charge is 0.0346 e. The molecule has 3 unspecified atom stereocenters. The van der Waals surface area contributed by atoms with Crippen LogP contribution in [0.1, 0.15) is 39.2 Å². The van der Waals surface area contributed by atoms with Crippen molar-refractivity contribution >= 4 is 15.9 Å². The van der Waals surface area contributed by atoms with Gasteiger partial charge in [-0.1, -0.05) is 35.0 Å². The highest BCUT2D eigenvalue weighted by Crippen LogP contribution is 2.31. The number of rotatable bonds is 4. The molecule has 1 saturated heterocycles. The Morgan fingerprint density at radius 2 is 1.95 bits per heavy atom. The topological polar surface area (TPSA) is 29.3 Å². The molecule has 0 aromatic heterocycles. The molecule has 112 valence electrons. The lowest BCUT2D eigenvalue weighted by molar-refractivity contribution is 0.0147. The maximum absolute atomic E-state index is 6.17. The number of hydrogen-bond donors (Lipinski definition) is 1. The molecule has 1 aromatic carbocycles. The van der Waals surface area contributed by atoms with E-state index in [9.17, 15) is 0 Å². The molecule has 3 heteroatoms. The third kappa shape index (κ3) is 3.44. The normalized spacial score (nSPS) is 27.2. The SMILES string of the molecule is CC1CCCN(C(C)(CN)Cc2ccc(Br)cc2)C1C. The van der Waals surface area contributed by atoms with Crippen LogP contribution in [0.2, 0.25) is 0 Å². The Morgan fingerprint density at radius 3 is 2.55 bits per heavy atom. The lowest BCUT2D eigenvalue weighted by atomic mass is 9.83. The van der Waals surface area contributed by atoms with Gasteiger partial charge in [0.1, 0.15) is 0 Å². The Balaban J connectivity index is 2.17. The van der Waals surface area contributed by atoms with Crippen molar-refractivity contribution in [2.24, 2.45) is 11.7 Å². The molecule has 3 atom stereocenters. The van der Waals surface area contributed by atoms with E-state index in [4.69, 9.17) is 5.73 Å². The standard InChI is InChI=1S/C17H27BrN2/c1-13-5-4-10-20(14(13)2)17(3,12-19)11-15-6-8-16(18)9-7-15/h6-9,13-14H,4-5,10-12,19H2,1-3H3. The minimum Gasteiger partial charge on any atom is -0.329 e. The van der Waals surface area contributed by atoms with Gasteiger partial charge in [-0.3, -0.25) is 4.90 Å². The van der Waals surface area contributed by atoms with Gasteiger partial charge >= 0.3 is 0 Å². The van der Waals surface area contributed by atoms with E-state index in [0.717, 1.165) is 16.8 Å². The fraction of sp³-hybridized carbons (Fsp3) is 0.647. The summed E-state index contributed by atoms with van der Waals surface area (Å²) in [6.45, 7) is 8.94. The largest absolute Gasteiger partial charge is 0.329 e. The van der Waals surface area contributed by atoms with E-state index in [0.29, 0.717) is 12.6 Å². The fourth-order valence-corrected chi connectivity index (χ4v) is 3.69. The number of halogens is 1. The molecular weight excluding hydrogens is 312 g/mol. The molecule has 0 radical (unpaired) electrons. The van der Waals surface area contributed by atoms with Gasteiger partial charge in [-0.2, -0.15) is 0 Å². The molecule has 1 aromatic rings. The first-order valence-corrected chi connectivity index (χ1v) is 8.47. The molecule has 2 nitrogen and oxygen atoms in total. The second-order valence-electron chi connectivity index (χ2n) is 6.56. The Kier molecular flexibility index (Phi) is 5.27. The Hall–Kier alpha value is -0.380. The molecule has 0 aliphatic carbocycles. The molecule has 2 N–H and O–H groups in total. The van der Waals surface area contributed by atoms with Crippen LogP contribution >= 0.6 is 15.9 Å². The summed E-state index contributed by atoms with van der Waals surface area (Å²) in [6, 6.07) is 9.27. The Bertz CT molecular complexity index is 431. The number of piperidine rings is 1. The van der Waals surface area contributed by atoms with Gasteiger partial charge in [0.15, 0.2) is 0 Å². The van der Waals surface area contributed by atoms with E-state index in [1.165, 1.54) is 24.9 Å². The van der Waals surface area contributed by atoms with Crippen molar-refractivity contribution < 1.29 is 0 Å². The van der Waals surface area contributed by atoms with Gasteiger partial charge in [-0.25, -0.2) is 0 Å². The van der Waals surface area contributed by atoms with Crippen LogP contribution in [-0.4, -0.2) is 29.6 Å². The summed E-state index contributed by atoms with van der Waals surface area (Å²) in [6.07, 6.45) is 3.66. The van der Waals surface area contributed by atoms with Gasteiger partial charge in [0, 0.05) is 22.6 Å². The average Bonchev–Trinajstić information content (AvgIpc) is 2.44. The molecule has 0 bridgehead atoms. The second-order valence-corrected chi connectivity index (χ2v) is 7.47. The zero-order chi connectivity index (χ0) is 14.8. The summed E-state index contributed by atoms with van der Waals surface area (Å²) >= 11 is 3.50. The third-order valence-corrected chi connectivity index (χ3v) is 5.53. The zero-order valence-corrected chi connectivity index (χ0v) is 14.5. The molecule has 0 spiro atoms. The van der Waals surface area contributed by atoms with Crippen LogP contribution in [-0.2, 0) is 6.42 Å². The average molecular weight is 339 g/mol. The van der Waals surface area contributed by atoms with Crippen LogP contribution in [0.3, 0.4) is 0 Å². The highest BCUT2D eigenvalue weighted by Gasteiger charge is 2.37. The van der Waals surface area contributed by atoms with Crippen molar-refractivity contribution in [1.29, 1.82) is 0 Å². The molecule has 20 heavy (non-hydrogen) atoms. The van der Waals surface area contributed by atoms with E-state index in [-0.39, 0.29) is 5.54 Å². The summed E-state index contributed by atoms with van der Waals surface area (Å²) in [5.74, 6) is 0.763. The summed E-state index contributed by atoms with van der Waals surface area (Å²) < 4.78 is 1.13. The maximum Gasteiger partial charge on any atom is 0.0346 e. The molecule has 1 aliphatic rings. The summed E-state index contributed by atoms with van der Waals surface area (Å²) in [7, 11) is 0. The quantitative estimate of drug-likeness (QED) is 0.903. The molecular formula is C17H27BrN2. The first-order valence-electron chi connectivity index (χ1n) is 7.67. The predicted molar refractivity (Wildman–Crippen MR) is 89.9 cm³/mol. The van der Waals surface area contributed by atoms with Crippen molar-refractivity contribution in [1.82, 2.24) is 4.90 Å². The van der Waals surface area contributed by atoms with Crippen LogP contribution < -0.4 is 5.73 Å². The Labute approximate surface area is 131 Å². The molecule has 1 aliphatic heterocycles. The van der Waals surface area contributed by atoms with Gasteiger partial charge in [0.2, 0.25) is 0 Å². The predicted octanol–water partition coefficient (Wildman–Crippen LogP) is 3.83. The van der Waals surface area contributed by atoms with Gasteiger partial charge in [0.05, 0.1) is 0 Å². The molecule has 2 rings (SSSR count). The van der Waals surface area contributed by atoms with Crippen molar-refractivity contribution in [3.8, 4) is 0 Å².